The summed E-state index contributed by atoms with van der Waals surface area (Å²) in [5.74, 6) is -0.641. The number of nitro groups is 1. The van der Waals surface area contributed by atoms with Crippen LogP contribution in [0.1, 0.15) is 24.8 Å². The van der Waals surface area contributed by atoms with Crippen LogP contribution >= 0.6 is 0 Å². The molecule has 18 heavy (non-hydrogen) atoms. The number of hydrogen-bond donors (Lipinski definition) is 1. The van der Waals surface area contributed by atoms with Crippen molar-refractivity contribution in [3.8, 4) is 0 Å². The lowest BCUT2D eigenvalue weighted by atomic mass is 10.1. The third-order valence-corrected chi connectivity index (χ3v) is 3.14. The van der Waals surface area contributed by atoms with Gasteiger partial charge in [-0.05, 0) is 18.9 Å². The number of nitro benzene ring substituents is 1. The van der Waals surface area contributed by atoms with Crippen LogP contribution in [0.25, 0.3) is 0 Å². The van der Waals surface area contributed by atoms with Gasteiger partial charge in [0.1, 0.15) is 5.54 Å². The van der Waals surface area contributed by atoms with E-state index in [-0.39, 0.29) is 18.2 Å². The highest BCUT2D eigenvalue weighted by Gasteiger charge is 2.59. The fourth-order valence-electron chi connectivity index (χ4n) is 2.04. The van der Waals surface area contributed by atoms with E-state index >= 15 is 0 Å². The maximum Gasteiger partial charge on any atom is 0.326 e. The molecule has 0 amide bonds. The van der Waals surface area contributed by atoms with Crippen LogP contribution in [0.4, 0.5) is 5.69 Å². The van der Waals surface area contributed by atoms with Gasteiger partial charge in [-0.15, -0.1) is 0 Å². The number of nitrogens with two attached hydrogens (primary N) is 1. The highest BCUT2D eigenvalue weighted by atomic mass is 16.6. The summed E-state index contributed by atoms with van der Waals surface area (Å²) in [6, 6.07) is 6.20. The fourth-order valence-corrected chi connectivity index (χ4v) is 2.04. The van der Waals surface area contributed by atoms with E-state index in [0.717, 1.165) is 0 Å². The molecule has 0 saturated heterocycles. The first kappa shape index (κ1) is 12.5. The zero-order chi connectivity index (χ0) is 13.3. The van der Waals surface area contributed by atoms with Gasteiger partial charge in [-0.1, -0.05) is 12.1 Å². The second kappa shape index (κ2) is 4.38. The van der Waals surface area contributed by atoms with Crippen LogP contribution in [0.2, 0.25) is 0 Å². The Hall–Kier alpha value is -1.95. The lowest BCUT2D eigenvalue weighted by Gasteiger charge is -2.10. The van der Waals surface area contributed by atoms with E-state index in [1.54, 1.807) is 19.1 Å². The van der Waals surface area contributed by atoms with Crippen molar-refractivity contribution in [2.45, 2.75) is 24.8 Å². The Morgan fingerprint density at radius 2 is 2.39 bits per heavy atom. The Morgan fingerprint density at radius 1 is 1.67 bits per heavy atom. The van der Waals surface area contributed by atoms with Gasteiger partial charge >= 0.3 is 5.97 Å². The van der Waals surface area contributed by atoms with Crippen LogP contribution < -0.4 is 5.73 Å². The van der Waals surface area contributed by atoms with Crippen molar-refractivity contribution in [2.75, 3.05) is 6.61 Å². The van der Waals surface area contributed by atoms with Gasteiger partial charge in [-0.3, -0.25) is 14.9 Å². The molecule has 0 aromatic heterocycles. The fraction of sp³-hybridized carbons (Fsp3) is 0.417. The van der Waals surface area contributed by atoms with E-state index in [1.807, 2.05) is 0 Å². The molecule has 6 nitrogen and oxygen atoms in total. The predicted molar refractivity (Wildman–Crippen MR) is 64.0 cm³/mol. The molecule has 0 heterocycles. The van der Waals surface area contributed by atoms with E-state index in [1.165, 1.54) is 12.1 Å². The average Bonchev–Trinajstić information content (AvgIpc) is 3.04. The molecule has 1 aromatic carbocycles. The van der Waals surface area contributed by atoms with Gasteiger partial charge in [-0.2, -0.15) is 0 Å². The molecule has 0 radical (unpaired) electrons. The monoisotopic (exact) mass is 250 g/mol. The van der Waals surface area contributed by atoms with Crippen molar-refractivity contribution < 1.29 is 14.5 Å². The standard InChI is InChI=1S/C12H14N2O4/c1-2-18-11(15)12(13)7-10(12)8-4-3-5-9(6-8)14(16)17/h3-6,10H,2,7,13H2,1H3. The van der Waals surface area contributed by atoms with E-state index < -0.39 is 16.4 Å². The van der Waals surface area contributed by atoms with E-state index in [2.05, 4.69) is 0 Å². The Labute approximate surface area is 104 Å². The van der Waals surface area contributed by atoms with Crippen LogP contribution in [0.3, 0.4) is 0 Å². The quantitative estimate of drug-likeness (QED) is 0.494. The molecule has 2 N–H and O–H groups in total. The van der Waals surface area contributed by atoms with Gasteiger partial charge in [0.25, 0.3) is 5.69 Å². The van der Waals surface area contributed by atoms with Crippen molar-refractivity contribution in [1.82, 2.24) is 0 Å². The number of esters is 1. The third-order valence-electron chi connectivity index (χ3n) is 3.14. The van der Waals surface area contributed by atoms with E-state index in [9.17, 15) is 14.9 Å². The number of ether oxygens (including phenoxy) is 1. The lowest BCUT2D eigenvalue weighted by Crippen LogP contribution is -2.36. The Morgan fingerprint density at radius 3 is 3.00 bits per heavy atom. The minimum atomic E-state index is -1.02. The Kier molecular flexibility index (Phi) is 3.04. The number of nitrogens with zero attached hydrogens (tertiary/aromatic N) is 1. The summed E-state index contributed by atoms with van der Waals surface area (Å²) in [5.41, 5.74) is 5.62. The maximum atomic E-state index is 11.6. The van der Waals surface area contributed by atoms with Crippen LogP contribution in [0.5, 0.6) is 0 Å². The van der Waals surface area contributed by atoms with Crippen molar-refractivity contribution in [3.63, 3.8) is 0 Å². The highest BCUT2D eigenvalue weighted by Crippen LogP contribution is 2.50. The van der Waals surface area contributed by atoms with Crippen molar-refractivity contribution in [3.05, 3.63) is 39.9 Å². The van der Waals surface area contributed by atoms with Gasteiger partial charge in [0.05, 0.1) is 11.5 Å². The molecular weight excluding hydrogens is 236 g/mol. The highest BCUT2D eigenvalue weighted by molar-refractivity contribution is 5.86. The lowest BCUT2D eigenvalue weighted by molar-refractivity contribution is -0.384. The summed E-state index contributed by atoms with van der Waals surface area (Å²) >= 11 is 0. The molecule has 1 saturated carbocycles. The summed E-state index contributed by atoms with van der Waals surface area (Å²) < 4.78 is 4.90. The summed E-state index contributed by atoms with van der Waals surface area (Å²) in [6.45, 7) is 1.99. The van der Waals surface area contributed by atoms with Gasteiger partial charge in [0, 0.05) is 18.1 Å². The molecular formula is C12H14N2O4. The summed E-state index contributed by atoms with van der Waals surface area (Å²) in [5, 5.41) is 10.7. The van der Waals surface area contributed by atoms with E-state index in [4.69, 9.17) is 10.5 Å². The van der Waals surface area contributed by atoms with Crippen LogP contribution in [0.15, 0.2) is 24.3 Å². The minimum Gasteiger partial charge on any atom is -0.465 e. The largest absolute Gasteiger partial charge is 0.465 e. The molecule has 2 unspecified atom stereocenters. The number of carbonyl (C=O) groups excluding carboxylic acids is 1. The second-order valence-corrected chi connectivity index (χ2v) is 4.37. The SMILES string of the molecule is CCOC(=O)C1(N)CC1c1cccc([N+](=O)[O-])c1. The normalized spacial score (nSPS) is 25.6. The molecule has 96 valence electrons. The smallest absolute Gasteiger partial charge is 0.326 e. The van der Waals surface area contributed by atoms with Crippen LogP contribution in [0, 0.1) is 10.1 Å². The predicted octanol–water partition coefficient (Wildman–Crippen LogP) is 1.34. The van der Waals surface area contributed by atoms with Gasteiger partial charge in [-0.25, -0.2) is 0 Å². The van der Waals surface area contributed by atoms with Crippen molar-refractivity contribution in [1.29, 1.82) is 0 Å². The number of carbonyl (C=O) groups is 1. The zero-order valence-electron chi connectivity index (χ0n) is 9.96. The van der Waals surface area contributed by atoms with Gasteiger partial charge in [0.2, 0.25) is 0 Å². The van der Waals surface area contributed by atoms with Gasteiger partial charge < -0.3 is 10.5 Å². The van der Waals surface area contributed by atoms with Crippen molar-refractivity contribution >= 4 is 11.7 Å². The van der Waals surface area contributed by atoms with Crippen LogP contribution in [-0.2, 0) is 9.53 Å². The van der Waals surface area contributed by atoms with Crippen LogP contribution in [-0.4, -0.2) is 23.0 Å². The number of hydrogen-bond acceptors (Lipinski definition) is 5. The van der Waals surface area contributed by atoms with E-state index in [0.29, 0.717) is 12.0 Å². The zero-order valence-corrected chi connectivity index (χ0v) is 9.96. The summed E-state index contributed by atoms with van der Waals surface area (Å²) in [6.07, 6.45) is 0.465. The molecule has 1 fully saturated rings. The molecule has 2 rings (SSSR count). The number of non-ortho nitro benzene ring substituents is 1. The topological polar surface area (TPSA) is 95.5 Å². The van der Waals surface area contributed by atoms with Gasteiger partial charge in [0.15, 0.2) is 0 Å². The third kappa shape index (κ3) is 2.06. The molecule has 1 aliphatic rings. The summed E-state index contributed by atoms with van der Waals surface area (Å²) in [7, 11) is 0. The second-order valence-electron chi connectivity index (χ2n) is 4.37. The Bertz CT molecular complexity index is 503. The molecule has 0 aliphatic heterocycles. The number of rotatable bonds is 4. The molecule has 0 bridgehead atoms. The average molecular weight is 250 g/mol. The minimum absolute atomic E-state index is 0.00519. The van der Waals surface area contributed by atoms with Crippen molar-refractivity contribution in [2.24, 2.45) is 5.73 Å². The molecule has 1 aliphatic carbocycles. The maximum absolute atomic E-state index is 11.6. The summed E-state index contributed by atoms with van der Waals surface area (Å²) in [4.78, 5) is 21.9. The first-order chi connectivity index (χ1) is 8.49. The number of benzene rings is 1. The molecule has 2 atom stereocenters. The molecule has 6 heteroatoms. The Balaban J connectivity index is 2.18. The molecule has 1 aromatic rings. The first-order valence-electron chi connectivity index (χ1n) is 5.69. The molecule has 0 spiro atoms. The first-order valence-corrected chi connectivity index (χ1v) is 5.69.